The van der Waals surface area contributed by atoms with Crippen molar-refractivity contribution in [2.24, 2.45) is 5.92 Å². The van der Waals surface area contributed by atoms with E-state index < -0.39 is 5.97 Å². The van der Waals surface area contributed by atoms with Crippen LogP contribution < -0.4 is 0 Å². The van der Waals surface area contributed by atoms with Gasteiger partial charge in [0.05, 0.1) is 0 Å². The standard InChI is InChI=1S/C26H52O2/c1-3-4-5-16-19-22-25(2)23-20-17-14-12-10-8-6-7-9-11-13-15-18-21-24-26(27)28/h25H,3-24H2,1-2H3,(H,27,28). The molecular formula is C26H52O2. The zero-order valence-corrected chi connectivity index (χ0v) is 19.5. The number of aliphatic carboxylic acids is 1. The number of unbranched alkanes of at least 4 members (excludes halogenated alkanes) is 17. The van der Waals surface area contributed by atoms with Crippen LogP contribution in [0.15, 0.2) is 0 Å². The third-order valence-electron chi connectivity index (χ3n) is 6.14. The molecule has 0 saturated carbocycles. The number of carboxylic acid groups (broad SMARTS) is 1. The summed E-state index contributed by atoms with van der Waals surface area (Å²) in [5.41, 5.74) is 0. The van der Waals surface area contributed by atoms with Crippen LogP contribution in [0.5, 0.6) is 0 Å². The van der Waals surface area contributed by atoms with E-state index in [9.17, 15) is 4.79 Å². The van der Waals surface area contributed by atoms with Gasteiger partial charge >= 0.3 is 5.97 Å². The number of hydrogen-bond donors (Lipinski definition) is 1. The number of rotatable bonds is 23. The van der Waals surface area contributed by atoms with Crippen LogP contribution in [0.25, 0.3) is 0 Å². The van der Waals surface area contributed by atoms with Crippen LogP contribution in [0.1, 0.15) is 155 Å². The molecule has 0 heterocycles. The Morgan fingerprint density at radius 1 is 0.571 bits per heavy atom. The monoisotopic (exact) mass is 396 g/mol. The number of hydrogen-bond acceptors (Lipinski definition) is 1. The first-order chi connectivity index (χ1) is 13.7. The minimum atomic E-state index is -0.650. The van der Waals surface area contributed by atoms with Crippen LogP contribution in [-0.2, 0) is 4.79 Å². The third-order valence-corrected chi connectivity index (χ3v) is 6.14. The van der Waals surface area contributed by atoms with E-state index in [1.165, 1.54) is 122 Å². The van der Waals surface area contributed by atoms with Gasteiger partial charge in [-0.3, -0.25) is 4.79 Å². The van der Waals surface area contributed by atoms with Gasteiger partial charge in [0.25, 0.3) is 0 Å². The van der Waals surface area contributed by atoms with Gasteiger partial charge in [-0.1, -0.05) is 142 Å². The Morgan fingerprint density at radius 3 is 1.25 bits per heavy atom. The Hall–Kier alpha value is -0.530. The molecule has 0 aliphatic rings. The molecule has 0 aliphatic heterocycles. The lowest BCUT2D eigenvalue weighted by Crippen LogP contribution is -1.95. The van der Waals surface area contributed by atoms with Crippen molar-refractivity contribution in [1.82, 2.24) is 0 Å². The topological polar surface area (TPSA) is 37.3 Å². The quantitative estimate of drug-likeness (QED) is 0.175. The number of carboxylic acids is 1. The first-order valence-electron chi connectivity index (χ1n) is 12.9. The van der Waals surface area contributed by atoms with Gasteiger partial charge in [0.1, 0.15) is 0 Å². The highest BCUT2D eigenvalue weighted by molar-refractivity contribution is 5.66. The van der Waals surface area contributed by atoms with Crippen LogP contribution in [0.4, 0.5) is 0 Å². The van der Waals surface area contributed by atoms with Crippen LogP contribution in [0.3, 0.4) is 0 Å². The summed E-state index contributed by atoms with van der Waals surface area (Å²) in [7, 11) is 0. The van der Waals surface area contributed by atoms with E-state index in [0.717, 1.165) is 18.8 Å². The lowest BCUT2D eigenvalue weighted by atomic mass is 9.96. The molecule has 0 radical (unpaired) electrons. The van der Waals surface area contributed by atoms with Crippen molar-refractivity contribution >= 4 is 5.97 Å². The Kier molecular flexibility index (Phi) is 22.3. The molecule has 0 aliphatic carbocycles. The van der Waals surface area contributed by atoms with E-state index >= 15 is 0 Å². The van der Waals surface area contributed by atoms with Crippen molar-refractivity contribution < 1.29 is 9.90 Å². The molecule has 0 aromatic carbocycles. The van der Waals surface area contributed by atoms with Crippen LogP contribution >= 0.6 is 0 Å². The van der Waals surface area contributed by atoms with Gasteiger partial charge in [0.2, 0.25) is 0 Å². The molecule has 0 rings (SSSR count). The summed E-state index contributed by atoms with van der Waals surface area (Å²) in [4.78, 5) is 10.4. The van der Waals surface area contributed by atoms with Crippen LogP contribution in [0, 0.1) is 5.92 Å². The maximum atomic E-state index is 10.4. The Morgan fingerprint density at radius 2 is 0.893 bits per heavy atom. The smallest absolute Gasteiger partial charge is 0.303 e. The van der Waals surface area contributed by atoms with Gasteiger partial charge in [0.15, 0.2) is 0 Å². The molecular weight excluding hydrogens is 344 g/mol. The van der Waals surface area contributed by atoms with Crippen molar-refractivity contribution in [3.63, 3.8) is 0 Å². The van der Waals surface area contributed by atoms with Gasteiger partial charge in [-0.15, -0.1) is 0 Å². The zero-order valence-electron chi connectivity index (χ0n) is 19.5. The zero-order chi connectivity index (χ0) is 20.7. The normalized spacial score (nSPS) is 12.4. The van der Waals surface area contributed by atoms with E-state index in [-0.39, 0.29) is 0 Å². The molecule has 0 amide bonds. The van der Waals surface area contributed by atoms with Gasteiger partial charge in [-0.05, 0) is 12.3 Å². The predicted molar refractivity (Wildman–Crippen MR) is 124 cm³/mol. The summed E-state index contributed by atoms with van der Waals surface area (Å²) >= 11 is 0. The first kappa shape index (κ1) is 27.5. The van der Waals surface area contributed by atoms with Crippen molar-refractivity contribution in [3.05, 3.63) is 0 Å². The summed E-state index contributed by atoms with van der Waals surface area (Å²) < 4.78 is 0. The number of carbonyl (C=O) groups is 1. The molecule has 1 unspecified atom stereocenters. The highest BCUT2D eigenvalue weighted by Gasteiger charge is 2.02. The van der Waals surface area contributed by atoms with Crippen molar-refractivity contribution in [1.29, 1.82) is 0 Å². The molecule has 0 bridgehead atoms. The van der Waals surface area contributed by atoms with Crippen molar-refractivity contribution in [2.75, 3.05) is 0 Å². The highest BCUT2D eigenvalue weighted by atomic mass is 16.4. The van der Waals surface area contributed by atoms with Crippen LogP contribution in [0.2, 0.25) is 0 Å². The molecule has 0 fully saturated rings. The van der Waals surface area contributed by atoms with Crippen molar-refractivity contribution in [3.8, 4) is 0 Å². The average molecular weight is 397 g/mol. The minimum absolute atomic E-state index is 0.345. The molecule has 1 N–H and O–H groups in total. The van der Waals surface area contributed by atoms with E-state index in [1.54, 1.807) is 0 Å². The summed E-state index contributed by atoms with van der Waals surface area (Å²) in [6.07, 6.45) is 29.0. The van der Waals surface area contributed by atoms with Crippen LogP contribution in [-0.4, -0.2) is 11.1 Å². The summed E-state index contributed by atoms with van der Waals surface area (Å²) in [5.74, 6) is 0.293. The maximum absolute atomic E-state index is 10.4. The summed E-state index contributed by atoms with van der Waals surface area (Å²) in [6, 6.07) is 0. The van der Waals surface area contributed by atoms with Gasteiger partial charge in [-0.25, -0.2) is 0 Å². The van der Waals surface area contributed by atoms with E-state index in [2.05, 4.69) is 13.8 Å². The van der Waals surface area contributed by atoms with E-state index in [0.29, 0.717) is 6.42 Å². The molecule has 1 atom stereocenters. The second-order valence-corrected chi connectivity index (χ2v) is 9.19. The fourth-order valence-electron chi connectivity index (χ4n) is 4.13. The minimum Gasteiger partial charge on any atom is -0.481 e. The third kappa shape index (κ3) is 23.5. The summed E-state index contributed by atoms with van der Waals surface area (Å²) in [5, 5.41) is 8.59. The molecule has 2 nitrogen and oxygen atoms in total. The molecule has 0 aromatic heterocycles. The summed E-state index contributed by atoms with van der Waals surface area (Å²) in [6.45, 7) is 4.75. The van der Waals surface area contributed by atoms with Gasteiger partial charge in [0, 0.05) is 6.42 Å². The van der Waals surface area contributed by atoms with Gasteiger partial charge in [-0.2, -0.15) is 0 Å². The lowest BCUT2D eigenvalue weighted by Gasteiger charge is -2.11. The Bertz CT molecular complexity index is 314. The van der Waals surface area contributed by atoms with E-state index in [1.807, 2.05) is 0 Å². The second-order valence-electron chi connectivity index (χ2n) is 9.19. The highest BCUT2D eigenvalue weighted by Crippen LogP contribution is 2.19. The van der Waals surface area contributed by atoms with Crippen molar-refractivity contribution in [2.45, 2.75) is 155 Å². The SMILES string of the molecule is CCCCCCCC(C)CCCCCCCCCCCCCCCCC(=O)O. The fraction of sp³-hybridized carbons (Fsp3) is 0.962. The first-order valence-corrected chi connectivity index (χ1v) is 12.9. The molecule has 28 heavy (non-hydrogen) atoms. The largest absolute Gasteiger partial charge is 0.481 e. The maximum Gasteiger partial charge on any atom is 0.303 e. The molecule has 0 spiro atoms. The molecule has 168 valence electrons. The predicted octanol–water partition coefficient (Wildman–Crippen LogP) is 9.31. The Balaban J connectivity index is 3.10. The fourth-order valence-corrected chi connectivity index (χ4v) is 4.13. The second kappa shape index (κ2) is 22.8. The molecule has 0 aromatic rings. The molecule has 2 heteroatoms. The Labute approximate surface area is 177 Å². The van der Waals surface area contributed by atoms with Gasteiger partial charge < -0.3 is 5.11 Å². The van der Waals surface area contributed by atoms with E-state index in [4.69, 9.17) is 5.11 Å². The average Bonchev–Trinajstić information content (AvgIpc) is 2.67. The lowest BCUT2D eigenvalue weighted by molar-refractivity contribution is -0.137. The molecule has 0 saturated heterocycles.